The van der Waals surface area contributed by atoms with E-state index in [4.69, 9.17) is 9.97 Å². The fourth-order valence-electron chi connectivity index (χ4n) is 4.57. The molecule has 3 aromatic heterocycles. The maximum atomic E-state index is 10.4. The smallest absolute Gasteiger partial charge is 0.162 e. The van der Waals surface area contributed by atoms with E-state index in [9.17, 15) is 10.2 Å². The SMILES string of the molecule is O[C@@H]1CCN(c2nc(-c3ccnc(Nc4ccccc4)c3)nc3cncc(C4CC4)c23)C[C@@H]1O. The number of aliphatic hydroxyl groups excluding tert-OH is 2. The molecule has 6 rings (SSSR count). The number of benzene rings is 1. The molecule has 172 valence electrons. The van der Waals surface area contributed by atoms with E-state index < -0.39 is 12.2 Å². The van der Waals surface area contributed by atoms with Crippen molar-refractivity contribution in [2.75, 3.05) is 23.3 Å². The molecule has 2 atom stereocenters. The summed E-state index contributed by atoms with van der Waals surface area (Å²) in [5.74, 6) is 2.56. The summed E-state index contributed by atoms with van der Waals surface area (Å²) in [6.45, 7) is 0.948. The highest BCUT2D eigenvalue weighted by molar-refractivity contribution is 5.94. The molecule has 1 aromatic carbocycles. The molecule has 2 aliphatic rings. The molecule has 1 aliphatic heterocycles. The van der Waals surface area contributed by atoms with Gasteiger partial charge in [0.15, 0.2) is 5.82 Å². The standard InChI is InChI=1S/C26H26N6O2/c33-21-9-11-32(15-22(21)34)26-24-19(16-6-7-16)13-27-14-20(24)30-25(31-26)17-8-10-28-23(12-17)29-18-4-2-1-3-5-18/h1-5,8,10,12-14,16,21-22,33-34H,6-7,9,11,15H2,(H,28,29)/t21-,22+/m1/s1. The number of anilines is 3. The molecular formula is C26H26N6O2. The van der Waals surface area contributed by atoms with E-state index in [-0.39, 0.29) is 0 Å². The van der Waals surface area contributed by atoms with Crippen molar-refractivity contribution in [1.82, 2.24) is 19.9 Å². The van der Waals surface area contributed by atoms with Crippen LogP contribution in [0, 0.1) is 0 Å². The van der Waals surface area contributed by atoms with Crippen LogP contribution in [0.4, 0.5) is 17.3 Å². The molecule has 4 aromatic rings. The van der Waals surface area contributed by atoms with Gasteiger partial charge in [0.2, 0.25) is 0 Å². The van der Waals surface area contributed by atoms with E-state index >= 15 is 0 Å². The maximum Gasteiger partial charge on any atom is 0.162 e. The van der Waals surface area contributed by atoms with Gasteiger partial charge in [-0.3, -0.25) is 4.98 Å². The largest absolute Gasteiger partial charge is 0.390 e. The molecule has 8 nitrogen and oxygen atoms in total. The van der Waals surface area contributed by atoms with Crippen LogP contribution in [0.3, 0.4) is 0 Å². The summed E-state index contributed by atoms with van der Waals surface area (Å²) in [5, 5.41) is 24.8. The van der Waals surface area contributed by atoms with Gasteiger partial charge >= 0.3 is 0 Å². The van der Waals surface area contributed by atoms with Crippen molar-refractivity contribution >= 4 is 28.2 Å². The average molecular weight is 455 g/mol. The lowest BCUT2D eigenvalue weighted by molar-refractivity contribution is 0.00792. The number of nitrogens with one attached hydrogen (secondary N) is 1. The van der Waals surface area contributed by atoms with Crippen LogP contribution in [0.5, 0.6) is 0 Å². The number of para-hydroxylation sites is 1. The molecule has 2 fully saturated rings. The van der Waals surface area contributed by atoms with E-state index in [2.05, 4.69) is 20.2 Å². The first-order valence-electron chi connectivity index (χ1n) is 11.7. The Balaban J connectivity index is 1.44. The summed E-state index contributed by atoms with van der Waals surface area (Å²) < 4.78 is 0. The molecular weight excluding hydrogens is 428 g/mol. The highest BCUT2D eigenvalue weighted by atomic mass is 16.3. The second-order valence-corrected chi connectivity index (χ2v) is 9.06. The van der Waals surface area contributed by atoms with Crippen LogP contribution in [-0.2, 0) is 0 Å². The third kappa shape index (κ3) is 4.06. The minimum atomic E-state index is -0.809. The van der Waals surface area contributed by atoms with Crippen LogP contribution in [0.25, 0.3) is 22.3 Å². The minimum Gasteiger partial charge on any atom is -0.390 e. The zero-order chi connectivity index (χ0) is 23.1. The number of nitrogens with zero attached hydrogens (tertiary/aromatic N) is 5. The van der Waals surface area contributed by atoms with Crippen molar-refractivity contribution in [3.05, 3.63) is 66.6 Å². The fraction of sp³-hybridized carbons (Fsp3) is 0.308. The summed E-state index contributed by atoms with van der Waals surface area (Å²) in [5.41, 5.74) is 3.75. The lowest BCUT2D eigenvalue weighted by Gasteiger charge is -2.35. The Morgan fingerprint density at radius 1 is 0.941 bits per heavy atom. The number of β-amino-alcohol motifs (C(OH)–C–C–N with tert-alkyl or cyclic N) is 1. The molecule has 0 bridgehead atoms. The number of aromatic nitrogens is 4. The predicted octanol–water partition coefficient (Wildman–Crippen LogP) is 3.64. The monoisotopic (exact) mass is 454 g/mol. The Bertz CT molecular complexity index is 1330. The van der Waals surface area contributed by atoms with Gasteiger partial charge in [-0.05, 0) is 55.0 Å². The van der Waals surface area contributed by atoms with Gasteiger partial charge < -0.3 is 20.4 Å². The average Bonchev–Trinajstić information content (AvgIpc) is 3.71. The molecule has 3 N–H and O–H groups in total. The number of hydrogen-bond donors (Lipinski definition) is 3. The second-order valence-electron chi connectivity index (χ2n) is 9.06. The van der Waals surface area contributed by atoms with Gasteiger partial charge in [-0.15, -0.1) is 0 Å². The Hall–Kier alpha value is -3.62. The maximum absolute atomic E-state index is 10.4. The summed E-state index contributed by atoms with van der Waals surface area (Å²) in [4.78, 5) is 20.9. The van der Waals surface area contributed by atoms with Crippen LogP contribution >= 0.6 is 0 Å². The molecule has 34 heavy (non-hydrogen) atoms. The van der Waals surface area contributed by atoms with Crippen molar-refractivity contribution in [1.29, 1.82) is 0 Å². The molecule has 4 heterocycles. The molecule has 1 aliphatic carbocycles. The van der Waals surface area contributed by atoms with Gasteiger partial charge in [0, 0.05) is 42.1 Å². The van der Waals surface area contributed by atoms with E-state index in [0.29, 0.717) is 37.1 Å². The molecule has 1 saturated carbocycles. The summed E-state index contributed by atoms with van der Waals surface area (Å²) in [7, 11) is 0. The van der Waals surface area contributed by atoms with Crippen LogP contribution < -0.4 is 10.2 Å². The Morgan fingerprint density at radius 3 is 2.59 bits per heavy atom. The van der Waals surface area contributed by atoms with Crippen molar-refractivity contribution in [3.8, 4) is 11.4 Å². The normalized spacial score (nSPS) is 20.5. The third-order valence-electron chi connectivity index (χ3n) is 6.54. The van der Waals surface area contributed by atoms with Gasteiger partial charge in [-0.1, -0.05) is 18.2 Å². The Labute approximate surface area is 197 Å². The molecule has 0 spiro atoms. The van der Waals surface area contributed by atoms with E-state index in [1.165, 1.54) is 5.56 Å². The Kier molecular flexibility index (Phi) is 5.31. The second kappa shape index (κ2) is 8.62. The number of rotatable bonds is 5. The van der Waals surface area contributed by atoms with E-state index in [0.717, 1.165) is 40.8 Å². The highest BCUT2D eigenvalue weighted by Gasteiger charge is 2.32. The number of pyridine rings is 2. The van der Waals surface area contributed by atoms with Crippen LogP contribution in [0.2, 0.25) is 0 Å². The molecule has 0 unspecified atom stereocenters. The molecule has 1 saturated heterocycles. The van der Waals surface area contributed by atoms with Gasteiger partial charge in [-0.2, -0.15) is 0 Å². The van der Waals surface area contributed by atoms with Crippen molar-refractivity contribution in [2.45, 2.75) is 37.4 Å². The van der Waals surface area contributed by atoms with Crippen molar-refractivity contribution in [3.63, 3.8) is 0 Å². The lowest BCUT2D eigenvalue weighted by Crippen LogP contribution is -2.47. The van der Waals surface area contributed by atoms with Gasteiger partial charge in [0.25, 0.3) is 0 Å². The predicted molar refractivity (Wildman–Crippen MR) is 131 cm³/mol. The fourth-order valence-corrected chi connectivity index (χ4v) is 4.57. The number of aliphatic hydroxyl groups is 2. The van der Waals surface area contributed by atoms with Crippen LogP contribution in [0.15, 0.2) is 61.1 Å². The Morgan fingerprint density at radius 2 is 1.79 bits per heavy atom. The number of piperidine rings is 1. The third-order valence-corrected chi connectivity index (χ3v) is 6.54. The van der Waals surface area contributed by atoms with Crippen LogP contribution in [-0.4, -0.2) is 55.4 Å². The first-order chi connectivity index (χ1) is 16.7. The molecule has 0 radical (unpaired) electrons. The zero-order valence-electron chi connectivity index (χ0n) is 18.7. The molecule has 8 heteroatoms. The highest BCUT2D eigenvalue weighted by Crippen LogP contribution is 2.45. The van der Waals surface area contributed by atoms with Gasteiger partial charge in [0.1, 0.15) is 11.6 Å². The minimum absolute atomic E-state index is 0.330. The lowest BCUT2D eigenvalue weighted by atomic mass is 10.0. The topological polar surface area (TPSA) is 107 Å². The van der Waals surface area contributed by atoms with Gasteiger partial charge in [-0.25, -0.2) is 15.0 Å². The summed E-state index contributed by atoms with van der Waals surface area (Å²) in [6, 6.07) is 13.7. The first kappa shape index (κ1) is 20.9. The summed E-state index contributed by atoms with van der Waals surface area (Å²) >= 11 is 0. The summed E-state index contributed by atoms with van der Waals surface area (Å²) in [6.07, 6.45) is 6.71. The van der Waals surface area contributed by atoms with Gasteiger partial charge in [0.05, 0.1) is 23.9 Å². The zero-order valence-corrected chi connectivity index (χ0v) is 18.7. The number of fused-ring (bicyclic) bond motifs is 1. The van der Waals surface area contributed by atoms with E-state index in [1.807, 2.05) is 48.7 Å². The van der Waals surface area contributed by atoms with E-state index in [1.54, 1.807) is 12.4 Å². The quantitative estimate of drug-likeness (QED) is 0.420. The van der Waals surface area contributed by atoms with Crippen molar-refractivity contribution in [2.24, 2.45) is 0 Å². The number of hydrogen-bond acceptors (Lipinski definition) is 8. The van der Waals surface area contributed by atoms with Crippen LogP contribution in [0.1, 0.15) is 30.7 Å². The molecule has 0 amide bonds. The first-order valence-corrected chi connectivity index (χ1v) is 11.7. The van der Waals surface area contributed by atoms with Crippen molar-refractivity contribution < 1.29 is 10.2 Å².